The molecule has 0 aliphatic carbocycles. The van der Waals surface area contributed by atoms with E-state index in [-0.39, 0.29) is 24.1 Å². The lowest BCUT2D eigenvalue weighted by atomic mass is 10.1. The average Bonchev–Trinajstić information content (AvgIpc) is 3.06. The number of fused-ring (bicyclic) bond motifs is 1. The Morgan fingerprint density at radius 2 is 1.81 bits per heavy atom. The molecule has 5 nitrogen and oxygen atoms in total. The number of aromatic amines is 1. The van der Waals surface area contributed by atoms with Crippen molar-refractivity contribution in [3.63, 3.8) is 0 Å². The summed E-state index contributed by atoms with van der Waals surface area (Å²) in [6.45, 7) is 2.39. The fourth-order valence-corrected chi connectivity index (χ4v) is 3.01. The molecule has 0 radical (unpaired) electrons. The second-order valence-electron chi connectivity index (χ2n) is 6.42. The van der Waals surface area contributed by atoms with E-state index < -0.39 is 0 Å². The van der Waals surface area contributed by atoms with E-state index in [4.69, 9.17) is 0 Å². The zero-order chi connectivity index (χ0) is 19.2. The third kappa shape index (κ3) is 4.94. The summed E-state index contributed by atoms with van der Waals surface area (Å²) >= 11 is 0. The summed E-state index contributed by atoms with van der Waals surface area (Å²) < 4.78 is 12.9. The molecule has 0 aliphatic rings. The number of benzene rings is 2. The van der Waals surface area contributed by atoms with Crippen LogP contribution >= 0.6 is 0 Å². The van der Waals surface area contributed by atoms with Crippen molar-refractivity contribution in [2.75, 3.05) is 18.4 Å². The maximum Gasteiger partial charge on any atom is 0.226 e. The molecule has 0 unspecified atom stereocenters. The number of nitrogens with zero attached hydrogens (tertiary/aromatic N) is 1. The number of carbonyl (C=O) groups is 2. The first-order valence-corrected chi connectivity index (χ1v) is 8.89. The van der Waals surface area contributed by atoms with Crippen molar-refractivity contribution in [3.8, 4) is 0 Å². The van der Waals surface area contributed by atoms with Crippen LogP contribution in [0.3, 0.4) is 0 Å². The summed E-state index contributed by atoms with van der Waals surface area (Å²) in [6.07, 6.45) is 2.86. The largest absolute Gasteiger partial charge is 0.361 e. The molecule has 1 heterocycles. The van der Waals surface area contributed by atoms with Gasteiger partial charge in [-0.15, -0.1) is 0 Å². The number of H-pyrrole nitrogens is 1. The van der Waals surface area contributed by atoms with Crippen molar-refractivity contribution in [1.82, 2.24) is 9.88 Å². The Kier molecular flexibility index (Phi) is 5.86. The zero-order valence-corrected chi connectivity index (χ0v) is 15.2. The number of carbonyl (C=O) groups excluding carboxylic acids is 2. The van der Waals surface area contributed by atoms with Gasteiger partial charge in [0.15, 0.2) is 0 Å². The van der Waals surface area contributed by atoms with Crippen LogP contribution in [0.25, 0.3) is 10.9 Å². The Morgan fingerprint density at radius 1 is 1.07 bits per heavy atom. The van der Waals surface area contributed by atoms with E-state index in [1.165, 1.54) is 31.2 Å². The molecule has 2 N–H and O–H groups in total. The number of nitrogens with one attached hydrogen (secondary N) is 2. The second kappa shape index (κ2) is 8.49. The standard InChI is InChI=1S/C21H22FN3O2/c1-15(26)25(12-10-16-14-23-20-5-3-2-4-19(16)20)13-11-21(27)24-18-8-6-17(22)7-9-18/h2-9,14,23H,10-13H2,1H3,(H,24,27). The number of rotatable bonds is 7. The number of para-hydroxylation sites is 1. The van der Waals surface area contributed by atoms with Crippen LogP contribution in [-0.4, -0.2) is 34.8 Å². The summed E-state index contributed by atoms with van der Waals surface area (Å²) in [5.41, 5.74) is 2.75. The highest BCUT2D eigenvalue weighted by Crippen LogP contribution is 2.18. The van der Waals surface area contributed by atoms with Gasteiger partial charge in [-0.05, 0) is 42.3 Å². The molecule has 2 aromatic carbocycles. The van der Waals surface area contributed by atoms with E-state index in [1.54, 1.807) is 4.90 Å². The van der Waals surface area contributed by atoms with Gasteiger partial charge >= 0.3 is 0 Å². The monoisotopic (exact) mass is 367 g/mol. The quantitative estimate of drug-likeness (QED) is 0.668. The summed E-state index contributed by atoms with van der Waals surface area (Å²) in [5, 5.41) is 3.86. The van der Waals surface area contributed by atoms with Gasteiger partial charge < -0.3 is 15.2 Å². The summed E-state index contributed by atoms with van der Waals surface area (Å²) in [7, 11) is 0. The van der Waals surface area contributed by atoms with Crippen molar-refractivity contribution in [1.29, 1.82) is 0 Å². The Bertz CT molecular complexity index is 934. The first kappa shape index (κ1) is 18.6. The van der Waals surface area contributed by atoms with Gasteiger partial charge in [-0.3, -0.25) is 9.59 Å². The number of hydrogen-bond donors (Lipinski definition) is 2. The maximum absolute atomic E-state index is 12.9. The van der Waals surface area contributed by atoms with Gasteiger partial charge in [0.05, 0.1) is 0 Å². The van der Waals surface area contributed by atoms with E-state index in [1.807, 2.05) is 24.4 Å². The van der Waals surface area contributed by atoms with Crippen LogP contribution in [0.4, 0.5) is 10.1 Å². The highest BCUT2D eigenvalue weighted by atomic mass is 19.1. The third-order valence-electron chi connectivity index (χ3n) is 4.51. The lowest BCUT2D eigenvalue weighted by Gasteiger charge is -2.20. The van der Waals surface area contributed by atoms with E-state index in [0.29, 0.717) is 25.2 Å². The SMILES string of the molecule is CC(=O)N(CCC(=O)Nc1ccc(F)cc1)CCc1c[nH]c2ccccc12. The fraction of sp³-hybridized carbons (Fsp3) is 0.238. The number of hydrogen-bond acceptors (Lipinski definition) is 2. The minimum Gasteiger partial charge on any atom is -0.361 e. The predicted octanol–water partition coefficient (Wildman–Crippen LogP) is 3.73. The Hall–Kier alpha value is -3.15. The molecule has 3 rings (SSSR count). The van der Waals surface area contributed by atoms with E-state index in [0.717, 1.165) is 16.5 Å². The molecule has 2 amide bonds. The number of anilines is 1. The van der Waals surface area contributed by atoms with Crippen LogP contribution in [0.1, 0.15) is 18.9 Å². The van der Waals surface area contributed by atoms with Gasteiger partial charge in [0.25, 0.3) is 0 Å². The Balaban J connectivity index is 1.53. The molecule has 0 bridgehead atoms. The maximum atomic E-state index is 12.9. The molecule has 0 saturated heterocycles. The number of aromatic nitrogens is 1. The molecule has 140 valence electrons. The normalized spacial score (nSPS) is 10.7. The topological polar surface area (TPSA) is 65.2 Å². The lowest BCUT2D eigenvalue weighted by molar-refractivity contribution is -0.129. The van der Waals surface area contributed by atoms with Crippen LogP contribution in [0, 0.1) is 5.82 Å². The van der Waals surface area contributed by atoms with Gasteiger partial charge in [0.1, 0.15) is 5.82 Å². The van der Waals surface area contributed by atoms with E-state index >= 15 is 0 Å². The molecule has 0 fully saturated rings. The minimum atomic E-state index is -0.354. The van der Waals surface area contributed by atoms with Crippen molar-refractivity contribution in [2.45, 2.75) is 19.8 Å². The van der Waals surface area contributed by atoms with Crippen LogP contribution < -0.4 is 5.32 Å². The van der Waals surface area contributed by atoms with E-state index in [9.17, 15) is 14.0 Å². The lowest BCUT2D eigenvalue weighted by Crippen LogP contribution is -2.33. The van der Waals surface area contributed by atoms with Gasteiger partial charge in [0.2, 0.25) is 11.8 Å². The molecule has 1 aromatic heterocycles. The highest BCUT2D eigenvalue weighted by molar-refractivity contribution is 5.91. The zero-order valence-electron chi connectivity index (χ0n) is 15.2. The minimum absolute atomic E-state index is 0.0653. The average molecular weight is 367 g/mol. The van der Waals surface area contributed by atoms with Gasteiger partial charge in [-0.1, -0.05) is 18.2 Å². The molecule has 3 aromatic rings. The molecular weight excluding hydrogens is 345 g/mol. The molecule has 6 heteroatoms. The first-order valence-electron chi connectivity index (χ1n) is 8.89. The second-order valence-corrected chi connectivity index (χ2v) is 6.42. The van der Waals surface area contributed by atoms with Gasteiger partial charge in [-0.2, -0.15) is 0 Å². The molecule has 27 heavy (non-hydrogen) atoms. The molecule has 0 atom stereocenters. The predicted molar refractivity (Wildman–Crippen MR) is 104 cm³/mol. The molecule has 0 saturated carbocycles. The van der Waals surface area contributed by atoms with Crippen molar-refractivity contribution < 1.29 is 14.0 Å². The van der Waals surface area contributed by atoms with Crippen LogP contribution in [-0.2, 0) is 16.0 Å². The molecular formula is C21H22FN3O2. The fourth-order valence-electron chi connectivity index (χ4n) is 3.01. The Labute approximate surface area is 157 Å². The Morgan fingerprint density at radius 3 is 2.56 bits per heavy atom. The van der Waals surface area contributed by atoms with Crippen LogP contribution in [0.15, 0.2) is 54.7 Å². The van der Waals surface area contributed by atoms with Gasteiger partial charge in [-0.25, -0.2) is 4.39 Å². The highest BCUT2D eigenvalue weighted by Gasteiger charge is 2.13. The smallest absolute Gasteiger partial charge is 0.226 e. The number of amides is 2. The van der Waals surface area contributed by atoms with Crippen molar-refractivity contribution >= 4 is 28.4 Å². The first-order chi connectivity index (χ1) is 13.0. The third-order valence-corrected chi connectivity index (χ3v) is 4.51. The number of halogens is 1. The van der Waals surface area contributed by atoms with Crippen molar-refractivity contribution in [2.24, 2.45) is 0 Å². The summed E-state index contributed by atoms with van der Waals surface area (Å²) in [6, 6.07) is 13.6. The van der Waals surface area contributed by atoms with Crippen LogP contribution in [0.2, 0.25) is 0 Å². The van der Waals surface area contributed by atoms with Crippen molar-refractivity contribution in [3.05, 3.63) is 66.1 Å². The van der Waals surface area contributed by atoms with E-state index in [2.05, 4.69) is 16.4 Å². The summed E-state index contributed by atoms with van der Waals surface area (Å²) in [4.78, 5) is 28.9. The molecule has 0 spiro atoms. The molecule has 0 aliphatic heterocycles. The van der Waals surface area contributed by atoms with Crippen LogP contribution in [0.5, 0.6) is 0 Å². The van der Waals surface area contributed by atoms with Gasteiger partial charge in [0, 0.05) is 49.2 Å². The summed E-state index contributed by atoms with van der Waals surface area (Å²) in [5.74, 6) is -0.627.